The van der Waals surface area contributed by atoms with Crippen molar-refractivity contribution in [2.75, 3.05) is 26.7 Å². The zero-order chi connectivity index (χ0) is 23.3. The molecule has 1 fully saturated rings. The molecule has 2 heterocycles. The van der Waals surface area contributed by atoms with Gasteiger partial charge in [0.25, 0.3) is 0 Å². The number of methoxy groups -OCH3 is 1. The van der Waals surface area contributed by atoms with Crippen LogP contribution in [0.25, 0.3) is 11.0 Å². The highest BCUT2D eigenvalue weighted by Gasteiger charge is 2.35. The van der Waals surface area contributed by atoms with Gasteiger partial charge in [-0.25, -0.2) is 13.8 Å². The summed E-state index contributed by atoms with van der Waals surface area (Å²) in [6, 6.07) is 9.52. The highest BCUT2D eigenvalue weighted by atomic mass is 19.2. The lowest BCUT2D eigenvalue weighted by atomic mass is 9.97. The third kappa shape index (κ3) is 4.19. The summed E-state index contributed by atoms with van der Waals surface area (Å²) in [5, 5.41) is 0. The highest BCUT2D eigenvalue weighted by molar-refractivity contribution is 5.77. The number of hydrogen-bond donors (Lipinski definition) is 0. The van der Waals surface area contributed by atoms with E-state index >= 15 is 0 Å². The number of aryl methyl sites for hydroxylation is 1. The second-order valence-corrected chi connectivity index (χ2v) is 10.2. The molecule has 2 atom stereocenters. The van der Waals surface area contributed by atoms with Crippen LogP contribution in [0, 0.1) is 24.5 Å². The number of ether oxygens (including phenoxy) is 1. The largest absolute Gasteiger partial charge is 0.378 e. The van der Waals surface area contributed by atoms with Gasteiger partial charge < -0.3 is 14.2 Å². The number of hydrogen-bond acceptors (Lipinski definition) is 3. The molecule has 176 valence electrons. The van der Waals surface area contributed by atoms with Gasteiger partial charge in [0.15, 0.2) is 11.6 Å². The van der Waals surface area contributed by atoms with Crippen LogP contribution >= 0.6 is 0 Å². The van der Waals surface area contributed by atoms with Gasteiger partial charge in [-0.2, -0.15) is 0 Å². The summed E-state index contributed by atoms with van der Waals surface area (Å²) in [5.41, 5.74) is 5.37. The van der Waals surface area contributed by atoms with Crippen molar-refractivity contribution in [3.63, 3.8) is 0 Å². The Labute approximate surface area is 194 Å². The fourth-order valence-corrected chi connectivity index (χ4v) is 5.84. The SMILES string of the molecule is CO[C@@H]1CN(CC2Cc3cc(F)c(F)cc3C2)CC[C@@H]1n1c(C(C)C)nc2cc(C)ccc21. The Kier molecular flexibility index (Phi) is 6.00. The van der Waals surface area contributed by atoms with E-state index in [1.807, 2.05) is 0 Å². The van der Waals surface area contributed by atoms with Crippen LogP contribution < -0.4 is 0 Å². The van der Waals surface area contributed by atoms with E-state index < -0.39 is 11.6 Å². The third-order valence-electron chi connectivity index (χ3n) is 7.41. The van der Waals surface area contributed by atoms with Gasteiger partial charge in [0.05, 0.1) is 23.2 Å². The molecule has 4 nitrogen and oxygen atoms in total. The number of piperidine rings is 1. The minimum Gasteiger partial charge on any atom is -0.378 e. The fraction of sp³-hybridized carbons (Fsp3) is 0.519. The summed E-state index contributed by atoms with van der Waals surface area (Å²) in [6.45, 7) is 9.25. The molecule has 0 saturated carbocycles. The number of rotatable bonds is 5. The third-order valence-corrected chi connectivity index (χ3v) is 7.41. The summed E-state index contributed by atoms with van der Waals surface area (Å²) >= 11 is 0. The molecular formula is C27H33F2N3O. The Hall–Kier alpha value is -2.31. The second-order valence-electron chi connectivity index (χ2n) is 10.2. The Morgan fingerprint density at radius 3 is 2.42 bits per heavy atom. The topological polar surface area (TPSA) is 30.3 Å². The molecule has 2 aromatic carbocycles. The van der Waals surface area contributed by atoms with E-state index in [-0.39, 0.29) is 12.1 Å². The van der Waals surface area contributed by atoms with Crippen LogP contribution in [0.5, 0.6) is 0 Å². The molecule has 0 unspecified atom stereocenters. The van der Waals surface area contributed by atoms with Gasteiger partial charge >= 0.3 is 0 Å². The number of likely N-dealkylation sites (tertiary alicyclic amines) is 1. The van der Waals surface area contributed by atoms with E-state index in [1.54, 1.807) is 7.11 Å². The molecule has 0 radical (unpaired) electrons. The van der Waals surface area contributed by atoms with Gasteiger partial charge in [-0.15, -0.1) is 0 Å². The van der Waals surface area contributed by atoms with Crippen LogP contribution in [0.15, 0.2) is 30.3 Å². The van der Waals surface area contributed by atoms with Crippen molar-refractivity contribution in [2.24, 2.45) is 5.92 Å². The maximum atomic E-state index is 13.6. The van der Waals surface area contributed by atoms with Crippen LogP contribution in [0.2, 0.25) is 0 Å². The molecule has 2 aliphatic rings. The molecule has 0 spiro atoms. The molecule has 3 aromatic rings. The van der Waals surface area contributed by atoms with Gasteiger partial charge in [0.2, 0.25) is 0 Å². The normalized spacial score (nSPS) is 21.9. The van der Waals surface area contributed by atoms with Crippen LogP contribution in [0.4, 0.5) is 8.78 Å². The van der Waals surface area contributed by atoms with Gasteiger partial charge in [-0.1, -0.05) is 19.9 Å². The molecule has 0 N–H and O–H groups in total. The first-order chi connectivity index (χ1) is 15.8. The number of imidazole rings is 1. The first kappa shape index (κ1) is 22.5. The quantitative estimate of drug-likeness (QED) is 0.517. The van der Waals surface area contributed by atoms with E-state index in [1.165, 1.54) is 23.2 Å². The van der Waals surface area contributed by atoms with Gasteiger partial charge in [0, 0.05) is 32.7 Å². The van der Waals surface area contributed by atoms with Crippen molar-refractivity contribution >= 4 is 11.0 Å². The number of aromatic nitrogens is 2. The Morgan fingerprint density at radius 1 is 1.09 bits per heavy atom. The molecule has 1 aliphatic carbocycles. The summed E-state index contributed by atoms with van der Waals surface area (Å²) in [6.07, 6.45) is 2.68. The number of nitrogens with zero attached hydrogens (tertiary/aromatic N) is 3. The van der Waals surface area contributed by atoms with E-state index in [4.69, 9.17) is 9.72 Å². The minimum absolute atomic E-state index is 0.0635. The maximum Gasteiger partial charge on any atom is 0.159 e. The first-order valence-corrected chi connectivity index (χ1v) is 12.0. The Morgan fingerprint density at radius 2 is 1.79 bits per heavy atom. The lowest BCUT2D eigenvalue weighted by molar-refractivity contribution is -0.00966. The predicted octanol–water partition coefficient (Wildman–Crippen LogP) is 5.42. The molecule has 5 rings (SSSR count). The number of fused-ring (bicyclic) bond motifs is 2. The molecule has 6 heteroatoms. The number of benzene rings is 2. The summed E-state index contributed by atoms with van der Waals surface area (Å²) < 4.78 is 35.7. The molecule has 1 aliphatic heterocycles. The first-order valence-electron chi connectivity index (χ1n) is 12.0. The average molecular weight is 454 g/mol. The van der Waals surface area contributed by atoms with Gasteiger partial charge in [-0.05, 0) is 73.1 Å². The molecule has 1 aromatic heterocycles. The van der Waals surface area contributed by atoms with Crippen molar-refractivity contribution < 1.29 is 13.5 Å². The van der Waals surface area contributed by atoms with Gasteiger partial charge in [-0.3, -0.25) is 0 Å². The van der Waals surface area contributed by atoms with Crippen molar-refractivity contribution in [3.05, 3.63) is 64.5 Å². The van der Waals surface area contributed by atoms with Crippen LogP contribution in [0.1, 0.15) is 54.7 Å². The Bertz CT molecular complexity index is 1140. The van der Waals surface area contributed by atoms with Crippen molar-refractivity contribution in [2.45, 2.75) is 58.1 Å². The molecule has 1 saturated heterocycles. The van der Waals surface area contributed by atoms with E-state index in [0.29, 0.717) is 11.8 Å². The van der Waals surface area contributed by atoms with Gasteiger partial charge in [0.1, 0.15) is 5.82 Å². The summed E-state index contributed by atoms with van der Waals surface area (Å²) in [7, 11) is 1.80. The monoisotopic (exact) mass is 453 g/mol. The fourth-order valence-electron chi connectivity index (χ4n) is 5.84. The van der Waals surface area contributed by atoms with E-state index in [0.717, 1.165) is 61.4 Å². The smallest absolute Gasteiger partial charge is 0.159 e. The standard InChI is InChI=1S/C27H33F2N3O/c1-16(2)27-30-23-9-17(3)5-6-24(23)32(27)25-7-8-31(15-26(25)33-4)14-18-10-19-12-21(28)22(29)13-20(19)11-18/h5-6,9,12-13,16,18,25-26H,7-8,10-11,14-15H2,1-4H3/t25-,26+/m0/s1. The zero-order valence-electron chi connectivity index (χ0n) is 19.9. The van der Waals surface area contributed by atoms with Crippen molar-refractivity contribution in [1.29, 1.82) is 0 Å². The molecular weight excluding hydrogens is 420 g/mol. The van der Waals surface area contributed by atoms with Crippen LogP contribution in [-0.4, -0.2) is 47.3 Å². The van der Waals surface area contributed by atoms with Crippen LogP contribution in [0.3, 0.4) is 0 Å². The predicted molar refractivity (Wildman–Crippen MR) is 127 cm³/mol. The minimum atomic E-state index is -0.738. The molecule has 0 bridgehead atoms. The lowest BCUT2D eigenvalue weighted by Gasteiger charge is -2.40. The van der Waals surface area contributed by atoms with E-state index in [2.05, 4.69) is 48.4 Å². The van der Waals surface area contributed by atoms with Crippen LogP contribution in [-0.2, 0) is 17.6 Å². The summed E-state index contributed by atoms with van der Waals surface area (Å²) in [4.78, 5) is 7.45. The summed E-state index contributed by atoms with van der Waals surface area (Å²) in [5.74, 6) is 0.354. The zero-order valence-corrected chi connectivity index (χ0v) is 19.9. The Balaban J connectivity index is 1.34. The lowest BCUT2D eigenvalue weighted by Crippen LogP contribution is -2.47. The molecule has 0 amide bonds. The number of halogens is 2. The molecule has 33 heavy (non-hydrogen) atoms. The maximum absolute atomic E-state index is 13.6. The second kappa shape index (κ2) is 8.80. The van der Waals surface area contributed by atoms with Crippen molar-refractivity contribution in [3.8, 4) is 0 Å². The van der Waals surface area contributed by atoms with E-state index in [9.17, 15) is 8.78 Å². The average Bonchev–Trinajstić information content (AvgIpc) is 3.34. The van der Waals surface area contributed by atoms with Crippen molar-refractivity contribution in [1.82, 2.24) is 14.5 Å². The highest BCUT2D eigenvalue weighted by Crippen LogP contribution is 2.35.